The van der Waals surface area contributed by atoms with Crippen molar-refractivity contribution in [3.63, 3.8) is 0 Å². The predicted molar refractivity (Wildman–Crippen MR) is 75.8 cm³/mol. The lowest BCUT2D eigenvalue weighted by Crippen LogP contribution is -2.49. The Morgan fingerprint density at radius 1 is 1.40 bits per heavy atom. The van der Waals surface area contributed by atoms with Gasteiger partial charge in [-0.3, -0.25) is 0 Å². The quantitative estimate of drug-likeness (QED) is 0.772. The third kappa shape index (κ3) is 3.35. The fourth-order valence-electron chi connectivity index (χ4n) is 2.20. The van der Waals surface area contributed by atoms with Crippen molar-refractivity contribution in [1.82, 2.24) is 15.0 Å². The molecule has 0 amide bonds. The van der Waals surface area contributed by atoms with E-state index in [0.29, 0.717) is 13.1 Å². The highest BCUT2D eigenvalue weighted by Crippen LogP contribution is 2.34. The molecule has 0 bridgehead atoms. The molecule has 1 fully saturated rings. The van der Waals surface area contributed by atoms with Crippen LogP contribution in [0.2, 0.25) is 0 Å². The third-order valence-corrected chi connectivity index (χ3v) is 5.05. The van der Waals surface area contributed by atoms with E-state index in [1.54, 1.807) is 19.4 Å². The summed E-state index contributed by atoms with van der Waals surface area (Å²) >= 11 is 0. The summed E-state index contributed by atoms with van der Waals surface area (Å²) in [5.41, 5.74) is 0.609. The fraction of sp³-hybridized carbons (Fsp3) is 0.615. The van der Waals surface area contributed by atoms with Gasteiger partial charge in [0.1, 0.15) is 0 Å². The zero-order valence-corrected chi connectivity index (χ0v) is 12.7. The molecule has 6 nitrogen and oxygen atoms in total. The smallest absolute Gasteiger partial charge is 0.258 e. The molecule has 1 aromatic rings. The molecule has 2 N–H and O–H groups in total. The molecule has 0 atom stereocenters. The Hall–Kier alpha value is -1.02. The first-order chi connectivity index (χ1) is 9.51. The number of nitrogens with zero attached hydrogens (tertiary/aromatic N) is 1. The first-order valence-electron chi connectivity index (χ1n) is 6.66. The van der Waals surface area contributed by atoms with Gasteiger partial charge in [0.15, 0.2) is 5.03 Å². The van der Waals surface area contributed by atoms with E-state index in [9.17, 15) is 8.42 Å². The van der Waals surface area contributed by atoms with Gasteiger partial charge in [-0.25, -0.2) is 18.1 Å². The summed E-state index contributed by atoms with van der Waals surface area (Å²) in [6, 6.07) is 3.28. The van der Waals surface area contributed by atoms with E-state index in [2.05, 4.69) is 15.0 Å². The maximum Gasteiger partial charge on any atom is 0.258 e. The molecule has 0 radical (unpaired) electrons. The zero-order valence-electron chi connectivity index (χ0n) is 11.8. The topological polar surface area (TPSA) is 80.3 Å². The molecule has 1 aliphatic carbocycles. The molecule has 0 saturated heterocycles. The van der Waals surface area contributed by atoms with E-state index in [1.165, 1.54) is 6.07 Å². The van der Waals surface area contributed by atoms with Crippen LogP contribution in [0.5, 0.6) is 0 Å². The number of ether oxygens (including phenoxy) is 1. The van der Waals surface area contributed by atoms with Crippen molar-refractivity contribution in [3.05, 3.63) is 23.9 Å². The Labute approximate surface area is 120 Å². The summed E-state index contributed by atoms with van der Waals surface area (Å²) in [7, 11) is -0.121. The molecule has 0 aliphatic heterocycles. The van der Waals surface area contributed by atoms with Crippen LogP contribution in [0.3, 0.4) is 0 Å². The van der Waals surface area contributed by atoms with Crippen molar-refractivity contribution in [3.8, 4) is 0 Å². The van der Waals surface area contributed by atoms with Crippen molar-refractivity contribution < 1.29 is 13.2 Å². The molecule has 1 heterocycles. The highest BCUT2D eigenvalue weighted by Gasteiger charge is 2.38. The van der Waals surface area contributed by atoms with Crippen LogP contribution in [0.15, 0.2) is 23.4 Å². The number of hydrogen-bond acceptors (Lipinski definition) is 5. The summed E-state index contributed by atoms with van der Waals surface area (Å²) in [6.07, 6.45) is 4.42. The summed E-state index contributed by atoms with van der Waals surface area (Å²) in [5.74, 6) is 0. The summed E-state index contributed by atoms with van der Waals surface area (Å²) in [4.78, 5) is 4.01. The number of hydrogen-bond donors (Lipinski definition) is 2. The largest absolute Gasteiger partial charge is 0.377 e. The molecule has 20 heavy (non-hydrogen) atoms. The van der Waals surface area contributed by atoms with E-state index in [4.69, 9.17) is 4.74 Å². The second-order valence-corrected chi connectivity index (χ2v) is 6.81. The lowest BCUT2D eigenvalue weighted by atomic mass is 9.80. The van der Waals surface area contributed by atoms with E-state index in [0.717, 1.165) is 24.8 Å². The number of pyridine rings is 1. The van der Waals surface area contributed by atoms with Gasteiger partial charge in [0.2, 0.25) is 0 Å². The Kier molecular flexibility index (Phi) is 4.74. The summed E-state index contributed by atoms with van der Waals surface area (Å²) in [5, 5.41) is 3.03. The van der Waals surface area contributed by atoms with Crippen molar-refractivity contribution in [2.45, 2.75) is 36.4 Å². The van der Waals surface area contributed by atoms with Gasteiger partial charge in [-0.05, 0) is 37.9 Å². The van der Waals surface area contributed by atoms with Gasteiger partial charge in [0, 0.05) is 26.4 Å². The van der Waals surface area contributed by atoms with Gasteiger partial charge in [-0.15, -0.1) is 0 Å². The Balaban J connectivity index is 2.02. The number of methoxy groups -OCH3 is 1. The number of aromatic nitrogens is 1. The molecule has 0 aromatic carbocycles. The second kappa shape index (κ2) is 6.17. The van der Waals surface area contributed by atoms with Crippen molar-refractivity contribution in [2.75, 3.05) is 20.7 Å². The maximum absolute atomic E-state index is 12.2. The summed E-state index contributed by atoms with van der Waals surface area (Å²) < 4.78 is 32.3. The Morgan fingerprint density at radius 3 is 2.60 bits per heavy atom. The minimum Gasteiger partial charge on any atom is -0.377 e. The minimum atomic E-state index is -3.57. The van der Waals surface area contributed by atoms with E-state index in [1.807, 2.05) is 7.05 Å². The van der Waals surface area contributed by atoms with Crippen molar-refractivity contribution in [2.24, 2.45) is 0 Å². The van der Waals surface area contributed by atoms with Gasteiger partial charge >= 0.3 is 0 Å². The normalized spacial score (nSPS) is 17.7. The molecule has 112 valence electrons. The van der Waals surface area contributed by atoms with Crippen molar-refractivity contribution in [1.29, 1.82) is 0 Å². The van der Waals surface area contributed by atoms with Crippen LogP contribution in [0.4, 0.5) is 0 Å². The molecule has 1 saturated carbocycles. The first kappa shape index (κ1) is 15.4. The summed E-state index contributed by atoms with van der Waals surface area (Å²) in [6.45, 7) is 0.958. The fourth-order valence-corrected chi connectivity index (χ4v) is 3.24. The van der Waals surface area contributed by atoms with Crippen molar-refractivity contribution >= 4 is 10.0 Å². The molecule has 1 aliphatic rings. The molecular formula is C13H21N3O3S. The Morgan fingerprint density at radius 2 is 2.15 bits per heavy atom. The SMILES string of the molecule is CNCc1ccc(S(=O)(=O)NCC2(OC)CCC2)nc1. The van der Waals surface area contributed by atoms with Crippen LogP contribution in [-0.4, -0.2) is 39.7 Å². The first-order valence-corrected chi connectivity index (χ1v) is 8.14. The van der Waals surface area contributed by atoms with Gasteiger partial charge in [-0.2, -0.15) is 0 Å². The van der Waals surface area contributed by atoms with Crippen LogP contribution >= 0.6 is 0 Å². The highest BCUT2D eigenvalue weighted by atomic mass is 32.2. The lowest BCUT2D eigenvalue weighted by Gasteiger charge is -2.40. The van der Waals surface area contributed by atoms with Gasteiger partial charge in [-0.1, -0.05) is 6.07 Å². The molecule has 1 aromatic heterocycles. The standard InChI is InChI=1S/C13H21N3O3S/c1-14-8-11-4-5-12(15-9-11)20(17,18)16-10-13(19-2)6-3-7-13/h4-5,9,14,16H,3,6-8,10H2,1-2H3. The molecular weight excluding hydrogens is 278 g/mol. The van der Waals surface area contributed by atoms with Crippen LogP contribution in [0.1, 0.15) is 24.8 Å². The highest BCUT2D eigenvalue weighted by molar-refractivity contribution is 7.89. The maximum atomic E-state index is 12.2. The van der Waals surface area contributed by atoms with Gasteiger partial charge < -0.3 is 10.1 Å². The van der Waals surface area contributed by atoms with Crippen LogP contribution in [0.25, 0.3) is 0 Å². The van der Waals surface area contributed by atoms with Crippen LogP contribution < -0.4 is 10.0 Å². The number of rotatable bonds is 7. The number of nitrogens with one attached hydrogen (secondary N) is 2. The third-order valence-electron chi connectivity index (χ3n) is 3.74. The van der Waals surface area contributed by atoms with E-state index < -0.39 is 10.0 Å². The second-order valence-electron chi connectivity index (χ2n) is 5.10. The lowest BCUT2D eigenvalue weighted by molar-refractivity contribution is -0.0659. The minimum absolute atomic E-state index is 0.0444. The predicted octanol–water partition coefficient (Wildman–Crippen LogP) is 0.648. The van der Waals surface area contributed by atoms with Crippen LogP contribution in [-0.2, 0) is 21.3 Å². The molecule has 7 heteroatoms. The van der Waals surface area contributed by atoms with Gasteiger partial charge in [0.05, 0.1) is 5.60 Å². The Bertz CT molecular complexity index is 533. The van der Waals surface area contributed by atoms with E-state index >= 15 is 0 Å². The molecule has 2 rings (SSSR count). The van der Waals surface area contributed by atoms with Crippen LogP contribution in [0, 0.1) is 0 Å². The zero-order chi connectivity index (χ0) is 14.6. The molecule has 0 unspecified atom stereocenters. The van der Waals surface area contributed by atoms with Gasteiger partial charge in [0.25, 0.3) is 10.0 Å². The monoisotopic (exact) mass is 299 g/mol. The average Bonchev–Trinajstić information content (AvgIpc) is 2.39. The average molecular weight is 299 g/mol. The molecule has 0 spiro atoms. The number of sulfonamides is 1. The van der Waals surface area contributed by atoms with E-state index in [-0.39, 0.29) is 10.6 Å².